The van der Waals surface area contributed by atoms with E-state index in [-0.39, 0.29) is 0 Å². The van der Waals surface area contributed by atoms with Gasteiger partial charge in [-0.25, -0.2) is 4.98 Å². The molecule has 0 bridgehead atoms. The van der Waals surface area contributed by atoms with Crippen molar-refractivity contribution in [1.82, 2.24) is 25.6 Å². The molecule has 1 aliphatic rings. The van der Waals surface area contributed by atoms with Crippen molar-refractivity contribution in [3.05, 3.63) is 65.8 Å². The monoisotopic (exact) mass is 319 g/mol. The lowest BCUT2D eigenvalue weighted by molar-refractivity contribution is 0.893. The number of rotatable bonds is 4. The molecule has 0 fully saturated rings. The van der Waals surface area contributed by atoms with Crippen molar-refractivity contribution in [2.45, 2.75) is 13.3 Å². The van der Waals surface area contributed by atoms with Crippen molar-refractivity contribution in [1.29, 1.82) is 5.26 Å². The molecule has 0 saturated heterocycles. The fourth-order valence-corrected chi connectivity index (χ4v) is 2.31. The maximum atomic E-state index is 9.55. The Balaban J connectivity index is 1.81. The van der Waals surface area contributed by atoms with Crippen LogP contribution >= 0.6 is 0 Å². The molecule has 1 aliphatic heterocycles. The quantitative estimate of drug-likeness (QED) is 0.745. The number of aromatic nitrogens is 3. The van der Waals surface area contributed by atoms with Crippen LogP contribution in [0.25, 0.3) is 5.57 Å². The average molecular weight is 319 g/mol. The first-order valence-corrected chi connectivity index (χ1v) is 7.56. The molecule has 3 heterocycles. The zero-order valence-corrected chi connectivity index (χ0v) is 13.2. The first-order valence-electron chi connectivity index (χ1n) is 7.56. The van der Waals surface area contributed by atoms with E-state index in [0.29, 0.717) is 23.8 Å². The van der Waals surface area contributed by atoms with E-state index in [2.05, 4.69) is 36.6 Å². The fraction of sp³-hybridized carbons (Fsp3) is 0.176. The van der Waals surface area contributed by atoms with Gasteiger partial charge in [0.1, 0.15) is 11.6 Å². The third kappa shape index (κ3) is 3.50. The Labute approximate surface area is 139 Å². The van der Waals surface area contributed by atoms with E-state index in [4.69, 9.17) is 0 Å². The van der Waals surface area contributed by atoms with E-state index in [9.17, 15) is 5.26 Å². The standard InChI is InChI=1S/C17H17N7/c1-12-9-22-17(21-7-5-13-10-19-11-23-13)24-16(12)14(8-18)15-4-2-3-6-20-15/h2-4,6,9-11H,5,7H2,1H3,(H,19,23)(H2,21,22,24)/b16-14+. The van der Waals surface area contributed by atoms with Crippen LogP contribution in [-0.4, -0.2) is 27.5 Å². The molecule has 0 aliphatic carbocycles. The summed E-state index contributed by atoms with van der Waals surface area (Å²) in [5, 5.41) is 15.8. The number of aromatic amines is 1. The summed E-state index contributed by atoms with van der Waals surface area (Å²) in [5.74, 6) is 0.610. The summed E-state index contributed by atoms with van der Waals surface area (Å²) in [6, 6.07) is 7.74. The number of hydrogen-bond donors (Lipinski definition) is 3. The Morgan fingerprint density at radius 3 is 3.00 bits per heavy atom. The molecule has 7 nitrogen and oxygen atoms in total. The zero-order chi connectivity index (χ0) is 16.8. The Hall–Kier alpha value is -3.40. The number of hydrogen-bond acceptors (Lipinski definition) is 4. The van der Waals surface area contributed by atoms with E-state index in [1.54, 1.807) is 18.7 Å². The highest BCUT2D eigenvalue weighted by Crippen LogP contribution is 2.20. The van der Waals surface area contributed by atoms with Crippen LogP contribution < -0.4 is 10.6 Å². The molecule has 24 heavy (non-hydrogen) atoms. The Morgan fingerprint density at radius 2 is 2.29 bits per heavy atom. The van der Waals surface area contributed by atoms with Gasteiger partial charge in [0, 0.05) is 37.3 Å². The summed E-state index contributed by atoms with van der Waals surface area (Å²) in [6.45, 7) is 2.53. The molecule has 0 atom stereocenters. The van der Waals surface area contributed by atoms with Crippen LogP contribution in [0, 0.1) is 11.3 Å². The van der Waals surface area contributed by atoms with Gasteiger partial charge in [0.25, 0.3) is 0 Å². The lowest BCUT2D eigenvalue weighted by atomic mass is 10.1. The van der Waals surface area contributed by atoms with Crippen LogP contribution in [0.15, 0.2) is 59.4 Å². The second kappa shape index (κ2) is 7.24. The summed E-state index contributed by atoms with van der Waals surface area (Å²) in [7, 11) is 0. The van der Waals surface area contributed by atoms with Gasteiger partial charge < -0.3 is 15.6 Å². The Morgan fingerprint density at radius 1 is 1.38 bits per heavy atom. The highest BCUT2D eigenvalue weighted by molar-refractivity contribution is 5.90. The molecule has 0 spiro atoms. The topological polar surface area (TPSA) is 102 Å². The van der Waals surface area contributed by atoms with Crippen LogP contribution in [0.2, 0.25) is 0 Å². The number of guanidine groups is 1. The third-order valence-electron chi connectivity index (χ3n) is 3.55. The summed E-state index contributed by atoms with van der Waals surface area (Å²) in [4.78, 5) is 15.8. The smallest absolute Gasteiger partial charge is 0.199 e. The van der Waals surface area contributed by atoms with Crippen molar-refractivity contribution in [3.8, 4) is 6.07 Å². The minimum absolute atomic E-state index is 0.493. The Kier molecular flexibility index (Phi) is 4.68. The van der Waals surface area contributed by atoms with Crippen molar-refractivity contribution < 1.29 is 0 Å². The lowest BCUT2D eigenvalue weighted by Crippen LogP contribution is -2.39. The number of imidazole rings is 1. The van der Waals surface area contributed by atoms with Gasteiger partial charge in [0.15, 0.2) is 5.96 Å². The number of nitrogens with zero attached hydrogens (tertiary/aromatic N) is 4. The molecule has 0 aromatic carbocycles. The molecule has 0 radical (unpaired) electrons. The van der Waals surface area contributed by atoms with Gasteiger partial charge >= 0.3 is 0 Å². The molecule has 0 saturated carbocycles. The van der Waals surface area contributed by atoms with E-state index in [1.807, 2.05) is 31.3 Å². The maximum absolute atomic E-state index is 9.55. The fourth-order valence-electron chi connectivity index (χ4n) is 2.31. The van der Waals surface area contributed by atoms with Crippen molar-refractivity contribution >= 4 is 11.5 Å². The molecule has 7 heteroatoms. The largest absolute Gasteiger partial charge is 0.348 e. The van der Waals surface area contributed by atoms with Crippen LogP contribution in [0.5, 0.6) is 0 Å². The summed E-state index contributed by atoms with van der Waals surface area (Å²) in [5.41, 5.74) is 3.80. The number of nitrogens with one attached hydrogen (secondary N) is 3. The minimum atomic E-state index is 0.493. The molecule has 2 aromatic rings. The van der Waals surface area contributed by atoms with E-state index in [1.165, 1.54) is 0 Å². The number of aliphatic imine (C=N–C) groups is 1. The Bertz CT molecular complexity index is 824. The van der Waals surface area contributed by atoms with Crippen LogP contribution in [0.3, 0.4) is 0 Å². The summed E-state index contributed by atoms with van der Waals surface area (Å²) >= 11 is 0. The van der Waals surface area contributed by atoms with Gasteiger partial charge in [-0.2, -0.15) is 5.26 Å². The molecular formula is C17H17N7. The van der Waals surface area contributed by atoms with Crippen molar-refractivity contribution in [2.75, 3.05) is 6.54 Å². The van der Waals surface area contributed by atoms with E-state index in [0.717, 1.165) is 23.4 Å². The first kappa shape index (κ1) is 15.5. The lowest BCUT2D eigenvalue weighted by Gasteiger charge is -2.21. The van der Waals surface area contributed by atoms with Gasteiger partial charge in [0.2, 0.25) is 0 Å². The van der Waals surface area contributed by atoms with Crippen LogP contribution in [0.4, 0.5) is 0 Å². The second-order valence-corrected chi connectivity index (χ2v) is 5.23. The predicted octanol–water partition coefficient (Wildman–Crippen LogP) is 1.73. The van der Waals surface area contributed by atoms with Gasteiger partial charge in [0.05, 0.1) is 17.7 Å². The average Bonchev–Trinajstić information content (AvgIpc) is 3.12. The molecule has 3 rings (SSSR count). The number of allylic oxidation sites excluding steroid dienone is 2. The number of H-pyrrole nitrogens is 1. The van der Waals surface area contributed by atoms with Gasteiger partial charge in [-0.1, -0.05) is 6.07 Å². The minimum Gasteiger partial charge on any atom is -0.348 e. The van der Waals surface area contributed by atoms with Crippen LogP contribution in [-0.2, 0) is 6.42 Å². The highest BCUT2D eigenvalue weighted by Gasteiger charge is 2.17. The SMILES string of the molecule is CC1=CNC(=NCCc2cnc[nH]2)N/C1=C(\C#N)c1ccccn1. The van der Waals surface area contributed by atoms with Crippen LogP contribution in [0.1, 0.15) is 18.3 Å². The molecule has 0 amide bonds. The molecular weight excluding hydrogens is 302 g/mol. The molecule has 120 valence electrons. The maximum Gasteiger partial charge on any atom is 0.199 e. The normalized spacial score (nSPS) is 17.5. The summed E-state index contributed by atoms with van der Waals surface area (Å²) < 4.78 is 0. The molecule has 2 aromatic heterocycles. The first-order chi connectivity index (χ1) is 11.8. The van der Waals surface area contributed by atoms with E-state index < -0.39 is 0 Å². The molecule has 3 N–H and O–H groups in total. The number of nitriles is 1. The van der Waals surface area contributed by atoms with Crippen molar-refractivity contribution in [3.63, 3.8) is 0 Å². The summed E-state index contributed by atoms with van der Waals surface area (Å²) in [6.07, 6.45) is 7.71. The number of pyridine rings is 1. The van der Waals surface area contributed by atoms with Crippen molar-refractivity contribution in [2.24, 2.45) is 4.99 Å². The van der Waals surface area contributed by atoms with E-state index >= 15 is 0 Å². The second-order valence-electron chi connectivity index (χ2n) is 5.23. The predicted molar refractivity (Wildman–Crippen MR) is 91.4 cm³/mol. The highest BCUT2D eigenvalue weighted by atomic mass is 15.2. The van der Waals surface area contributed by atoms with Gasteiger partial charge in [-0.05, 0) is 24.6 Å². The third-order valence-corrected chi connectivity index (χ3v) is 3.55. The van der Waals surface area contributed by atoms with Gasteiger partial charge in [-0.15, -0.1) is 0 Å². The molecule has 0 unspecified atom stereocenters. The van der Waals surface area contributed by atoms with Gasteiger partial charge in [-0.3, -0.25) is 9.98 Å². The zero-order valence-electron chi connectivity index (χ0n) is 13.2.